The van der Waals surface area contributed by atoms with E-state index in [-0.39, 0.29) is 0 Å². The Morgan fingerprint density at radius 2 is 2.11 bits per heavy atom. The van der Waals surface area contributed by atoms with Crippen LogP contribution in [0.4, 0.5) is 0 Å². The highest BCUT2D eigenvalue weighted by molar-refractivity contribution is 6.59. The average molecular weight is 243 g/mol. The monoisotopic (exact) mass is 243 g/mol. The second-order valence-corrected chi connectivity index (χ2v) is 4.04. The largest absolute Gasteiger partial charge is 0.489 e. The Labute approximate surface area is 106 Å². The minimum atomic E-state index is -1.48. The van der Waals surface area contributed by atoms with Crippen molar-refractivity contribution in [1.82, 2.24) is 4.98 Å². The Morgan fingerprint density at radius 1 is 1.28 bits per heavy atom. The first-order chi connectivity index (χ1) is 8.66. The van der Waals surface area contributed by atoms with Gasteiger partial charge in [-0.3, -0.25) is 4.98 Å². The van der Waals surface area contributed by atoms with Crippen LogP contribution in [0.25, 0.3) is 0 Å². The number of aromatic nitrogens is 1. The molecule has 0 aliphatic rings. The fourth-order valence-electron chi connectivity index (χ4n) is 1.64. The maximum atomic E-state index is 9.20. The molecule has 0 radical (unpaired) electrons. The topological polar surface area (TPSA) is 62.6 Å². The van der Waals surface area contributed by atoms with Gasteiger partial charge in [-0.25, -0.2) is 0 Å². The quantitative estimate of drug-likeness (QED) is 0.774. The lowest BCUT2D eigenvalue weighted by molar-refractivity contribution is 0.305. The predicted molar refractivity (Wildman–Crippen MR) is 69.6 cm³/mol. The zero-order valence-corrected chi connectivity index (χ0v) is 10.1. The molecule has 0 saturated heterocycles. The summed E-state index contributed by atoms with van der Waals surface area (Å²) in [6, 6.07) is 9.00. The van der Waals surface area contributed by atoms with Gasteiger partial charge < -0.3 is 14.8 Å². The van der Waals surface area contributed by atoms with Crippen LogP contribution in [-0.2, 0) is 6.61 Å². The lowest BCUT2D eigenvalue weighted by Crippen LogP contribution is -2.32. The number of hydrogen-bond acceptors (Lipinski definition) is 4. The summed E-state index contributed by atoms with van der Waals surface area (Å²) < 4.78 is 5.58. The third-order valence-corrected chi connectivity index (χ3v) is 2.66. The fourth-order valence-corrected chi connectivity index (χ4v) is 1.64. The van der Waals surface area contributed by atoms with Crippen LogP contribution in [0.3, 0.4) is 0 Å². The average Bonchev–Trinajstić information content (AvgIpc) is 2.38. The van der Waals surface area contributed by atoms with Crippen molar-refractivity contribution in [3.63, 3.8) is 0 Å². The molecule has 0 spiro atoms. The number of aryl methyl sites for hydroxylation is 1. The highest BCUT2D eigenvalue weighted by Crippen LogP contribution is 2.12. The van der Waals surface area contributed by atoms with E-state index in [1.54, 1.807) is 30.6 Å². The molecule has 0 atom stereocenters. The Kier molecular flexibility index (Phi) is 3.97. The maximum absolute atomic E-state index is 9.20. The Balaban J connectivity index is 2.08. The van der Waals surface area contributed by atoms with E-state index >= 15 is 0 Å². The van der Waals surface area contributed by atoms with E-state index in [2.05, 4.69) is 4.98 Å². The number of benzene rings is 1. The van der Waals surface area contributed by atoms with Crippen molar-refractivity contribution in [3.8, 4) is 5.75 Å². The summed E-state index contributed by atoms with van der Waals surface area (Å²) in [5.74, 6) is 0.604. The van der Waals surface area contributed by atoms with E-state index in [1.807, 2.05) is 19.1 Å². The molecule has 0 bridgehead atoms. The molecule has 0 saturated carbocycles. The van der Waals surface area contributed by atoms with Crippen molar-refractivity contribution in [2.24, 2.45) is 0 Å². The van der Waals surface area contributed by atoms with Gasteiger partial charge in [0.15, 0.2) is 0 Å². The van der Waals surface area contributed by atoms with Crippen LogP contribution in [0.2, 0.25) is 0 Å². The molecule has 0 fully saturated rings. The molecule has 0 aliphatic carbocycles. The Bertz CT molecular complexity index is 517. The molecule has 0 unspecified atom stereocenters. The van der Waals surface area contributed by atoms with Crippen LogP contribution < -0.4 is 10.2 Å². The van der Waals surface area contributed by atoms with Crippen LogP contribution in [0.5, 0.6) is 5.75 Å². The van der Waals surface area contributed by atoms with Crippen molar-refractivity contribution in [2.75, 3.05) is 0 Å². The molecule has 5 heteroatoms. The molecular formula is C13H14BNO3. The summed E-state index contributed by atoms with van der Waals surface area (Å²) in [4.78, 5) is 4.00. The van der Waals surface area contributed by atoms with Crippen molar-refractivity contribution in [1.29, 1.82) is 0 Å². The van der Waals surface area contributed by atoms with Crippen LogP contribution in [-0.4, -0.2) is 22.2 Å². The molecule has 1 aromatic carbocycles. The zero-order chi connectivity index (χ0) is 13.0. The third kappa shape index (κ3) is 3.09. The zero-order valence-electron chi connectivity index (χ0n) is 10.1. The molecule has 4 nitrogen and oxygen atoms in total. The summed E-state index contributed by atoms with van der Waals surface area (Å²) in [5.41, 5.74) is 2.24. The lowest BCUT2D eigenvalue weighted by Gasteiger charge is -2.10. The summed E-state index contributed by atoms with van der Waals surface area (Å²) in [5, 5.41) is 18.4. The van der Waals surface area contributed by atoms with Crippen LogP contribution in [0, 0.1) is 6.92 Å². The molecule has 2 aromatic rings. The van der Waals surface area contributed by atoms with E-state index < -0.39 is 7.12 Å². The second-order valence-electron chi connectivity index (χ2n) is 4.04. The van der Waals surface area contributed by atoms with Gasteiger partial charge in [0.1, 0.15) is 12.4 Å². The van der Waals surface area contributed by atoms with Gasteiger partial charge in [0.2, 0.25) is 0 Å². The van der Waals surface area contributed by atoms with Crippen molar-refractivity contribution in [3.05, 3.63) is 53.9 Å². The minimum absolute atomic E-state index is 0.401. The highest BCUT2D eigenvalue weighted by Gasteiger charge is 2.14. The number of nitrogens with zero attached hydrogens (tertiary/aromatic N) is 1. The normalized spacial score (nSPS) is 10.2. The van der Waals surface area contributed by atoms with E-state index in [4.69, 9.17) is 4.74 Å². The molecule has 1 heterocycles. The molecule has 2 N–H and O–H groups in total. The summed E-state index contributed by atoms with van der Waals surface area (Å²) in [6.45, 7) is 2.22. The SMILES string of the molecule is Cc1ccc(OCc2cccnc2)cc1B(O)O. The van der Waals surface area contributed by atoms with Crippen LogP contribution in [0.1, 0.15) is 11.1 Å². The van der Waals surface area contributed by atoms with Gasteiger partial charge in [-0.05, 0) is 30.6 Å². The molecule has 0 aliphatic heterocycles. The summed E-state index contributed by atoms with van der Waals surface area (Å²) in [6.07, 6.45) is 3.44. The second kappa shape index (κ2) is 5.66. The van der Waals surface area contributed by atoms with E-state index in [0.29, 0.717) is 17.8 Å². The fraction of sp³-hybridized carbons (Fsp3) is 0.154. The molecular weight excluding hydrogens is 229 g/mol. The number of rotatable bonds is 4. The minimum Gasteiger partial charge on any atom is -0.489 e. The maximum Gasteiger partial charge on any atom is 0.488 e. The highest BCUT2D eigenvalue weighted by atomic mass is 16.5. The standard InChI is InChI=1S/C13H14BNO3/c1-10-4-5-12(7-13(10)14(16)17)18-9-11-3-2-6-15-8-11/h2-8,16-17H,9H2,1H3. The summed E-state index contributed by atoms with van der Waals surface area (Å²) >= 11 is 0. The van der Waals surface area contributed by atoms with Crippen molar-refractivity contribution in [2.45, 2.75) is 13.5 Å². The van der Waals surface area contributed by atoms with Gasteiger partial charge in [-0.1, -0.05) is 17.7 Å². The number of ether oxygens (including phenoxy) is 1. The first-order valence-corrected chi connectivity index (χ1v) is 5.65. The number of pyridine rings is 1. The van der Waals surface area contributed by atoms with Gasteiger partial charge in [0.05, 0.1) is 0 Å². The van der Waals surface area contributed by atoms with Gasteiger partial charge in [-0.2, -0.15) is 0 Å². The molecule has 18 heavy (non-hydrogen) atoms. The molecule has 2 rings (SSSR count). The Morgan fingerprint density at radius 3 is 2.78 bits per heavy atom. The van der Waals surface area contributed by atoms with Gasteiger partial charge in [-0.15, -0.1) is 0 Å². The lowest BCUT2D eigenvalue weighted by atomic mass is 9.77. The number of hydrogen-bond donors (Lipinski definition) is 2. The van der Waals surface area contributed by atoms with Gasteiger partial charge in [0.25, 0.3) is 0 Å². The van der Waals surface area contributed by atoms with Gasteiger partial charge in [0, 0.05) is 18.0 Å². The summed E-state index contributed by atoms with van der Waals surface area (Å²) in [7, 11) is -1.48. The first kappa shape index (κ1) is 12.6. The third-order valence-electron chi connectivity index (χ3n) is 2.66. The van der Waals surface area contributed by atoms with Gasteiger partial charge >= 0.3 is 7.12 Å². The smallest absolute Gasteiger partial charge is 0.488 e. The first-order valence-electron chi connectivity index (χ1n) is 5.65. The predicted octanol–water partition coefficient (Wildman–Crippen LogP) is 0.649. The molecule has 92 valence electrons. The van der Waals surface area contributed by atoms with Crippen LogP contribution in [0.15, 0.2) is 42.7 Å². The van der Waals surface area contributed by atoms with E-state index in [1.165, 1.54) is 0 Å². The molecule has 1 aromatic heterocycles. The molecule has 0 amide bonds. The van der Waals surface area contributed by atoms with E-state index in [9.17, 15) is 10.0 Å². The van der Waals surface area contributed by atoms with E-state index in [0.717, 1.165) is 11.1 Å². The van der Waals surface area contributed by atoms with Crippen LogP contribution >= 0.6 is 0 Å². The van der Waals surface area contributed by atoms with Crippen molar-refractivity contribution >= 4 is 12.6 Å². The van der Waals surface area contributed by atoms with Crippen molar-refractivity contribution < 1.29 is 14.8 Å². The Hall–Kier alpha value is -1.85.